The van der Waals surface area contributed by atoms with Gasteiger partial charge in [-0.15, -0.1) is 12.4 Å². The van der Waals surface area contributed by atoms with Crippen molar-refractivity contribution in [2.24, 2.45) is 5.73 Å². The highest BCUT2D eigenvalue weighted by molar-refractivity contribution is 5.90. The molecule has 0 spiro atoms. The number of aliphatic hydroxyl groups excluding tert-OH is 1. The minimum Gasteiger partial charge on any atom is -0.388 e. The first-order valence-corrected chi connectivity index (χ1v) is 13.1. The Morgan fingerprint density at radius 1 is 0.714 bits per heavy atom. The predicted octanol–water partition coefficient (Wildman–Crippen LogP) is 3.39. The van der Waals surface area contributed by atoms with Crippen LogP contribution in [0.5, 0.6) is 0 Å². The summed E-state index contributed by atoms with van der Waals surface area (Å²) in [6.07, 6.45) is -8.38. The van der Waals surface area contributed by atoms with E-state index in [4.69, 9.17) is 13.2 Å². The van der Waals surface area contributed by atoms with Crippen LogP contribution in [0.1, 0.15) is 27.7 Å². The fraction of sp³-hybridized carbons (Fsp3) is 0.265. The van der Waals surface area contributed by atoms with E-state index >= 15 is 0 Å². The van der Waals surface area contributed by atoms with E-state index in [0.717, 1.165) is 0 Å². The van der Waals surface area contributed by atoms with Crippen molar-refractivity contribution in [3.8, 4) is 0 Å². The Bertz CT molecular complexity index is 1530. The van der Waals surface area contributed by atoms with E-state index in [-0.39, 0.29) is 29.1 Å². The van der Waals surface area contributed by atoms with Crippen LogP contribution >= 0.6 is 12.4 Å². The number of hydrogen-bond acceptors (Lipinski definition) is 7. The van der Waals surface area contributed by atoms with Crippen molar-refractivity contribution in [2.45, 2.75) is 48.8 Å². The first-order valence-electron chi connectivity index (χ1n) is 15.4. The van der Waals surface area contributed by atoms with E-state index in [9.17, 15) is 28.0 Å². The van der Waals surface area contributed by atoms with Gasteiger partial charge in [-0.1, -0.05) is 121 Å². The molecule has 0 radical (unpaired) electrons. The maximum absolute atomic E-state index is 13.9. The molecule has 8 atom stereocenters. The topological polar surface area (TPSA) is 133 Å². The zero-order chi connectivity index (χ0) is 32.8. The molecule has 222 valence electrons. The molecule has 0 saturated heterocycles. The molecule has 4 aromatic rings. The van der Waals surface area contributed by atoms with E-state index in [2.05, 4.69) is 0 Å². The highest BCUT2D eigenvalue weighted by atomic mass is 35.5. The van der Waals surface area contributed by atoms with Crippen LogP contribution in [0.25, 0.3) is 0 Å². The lowest BCUT2D eigenvalue weighted by atomic mass is 9.65. The molecule has 0 heterocycles. The molecule has 0 aliphatic heterocycles. The molecule has 0 saturated carbocycles. The summed E-state index contributed by atoms with van der Waals surface area (Å²) in [4.78, 5) is 13.9. The molecule has 42 heavy (non-hydrogen) atoms. The van der Waals surface area contributed by atoms with Crippen molar-refractivity contribution in [1.29, 1.82) is 0 Å². The lowest BCUT2D eigenvalue weighted by Gasteiger charge is -2.52. The number of halogens is 1. The predicted molar refractivity (Wildman–Crippen MR) is 164 cm³/mol. The largest absolute Gasteiger partial charge is 0.388 e. The molecule has 4 aromatic carbocycles. The van der Waals surface area contributed by atoms with Crippen LogP contribution in [0.4, 0.5) is 0 Å². The third kappa shape index (κ3) is 7.51. The number of benzene rings is 4. The van der Waals surface area contributed by atoms with Gasteiger partial charge >= 0.3 is 0 Å². The van der Waals surface area contributed by atoms with Crippen molar-refractivity contribution in [1.82, 2.24) is 0 Å². The molecule has 0 fully saturated rings. The van der Waals surface area contributed by atoms with Gasteiger partial charge in [0, 0.05) is 23.3 Å². The molecule has 8 heteroatoms. The Balaban J connectivity index is 0.00000576. The normalized spacial score (nSPS) is 20.6. The van der Waals surface area contributed by atoms with E-state index in [1.807, 2.05) is 0 Å². The highest BCUT2D eigenvalue weighted by Gasteiger charge is 2.65. The van der Waals surface area contributed by atoms with Gasteiger partial charge in [0.2, 0.25) is 5.72 Å². The molecule has 4 rings (SSSR count). The Hall–Kier alpha value is -3.40. The highest BCUT2D eigenvalue weighted by Crippen LogP contribution is 2.40. The second-order valence-electron chi connectivity index (χ2n) is 9.77. The van der Waals surface area contributed by atoms with Crippen molar-refractivity contribution < 1.29 is 35.4 Å². The third-order valence-corrected chi connectivity index (χ3v) is 6.81. The molecule has 6 N–H and O–H groups in total. The van der Waals surface area contributed by atoms with Gasteiger partial charge in [-0.25, -0.2) is 0 Å². The Labute approximate surface area is 258 Å². The smallest absolute Gasteiger partial charge is 0.206 e. The van der Waals surface area contributed by atoms with Crippen molar-refractivity contribution in [2.75, 3.05) is 6.61 Å². The summed E-state index contributed by atoms with van der Waals surface area (Å²) in [5.74, 6) is -1.49. The zero-order valence-electron chi connectivity index (χ0n) is 26.7. The van der Waals surface area contributed by atoms with Crippen LogP contribution in [-0.2, 0) is 35.3 Å². The maximum atomic E-state index is 13.9. The van der Waals surface area contributed by atoms with Crippen LogP contribution in [-0.4, -0.2) is 55.8 Å². The Kier molecular flexibility index (Phi) is 9.58. The summed E-state index contributed by atoms with van der Waals surface area (Å²) < 4.78 is 40.9. The van der Waals surface area contributed by atoms with Crippen LogP contribution in [0, 0.1) is 0 Å². The van der Waals surface area contributed by atoms with Crippen LogP contribution in [0.2, 0.25) is 0 Å². The number of rotatable bonds is 14. The van der Waals surface area contributed by atoms with Crippen LogP contribution in [0.15, 0.2) is 121 Å². The van der Waals surface area contributed by atoms with E-state index in [0.29, 0.717) is 5.56 Å². The van der Waals surface area contributed by atoms with Crippen molar-refractivity contribution >= 4 is 18.2 Å². The fourth-order valence-corrected chi connectivity index (χ4v) is 4.48. The molecule has 4 unspecified atom stereocenters. The molecule has 0 aromatic heterocycles. The van der Waals surface area contributed by atoms with E-state index < -0.39 is 61.2 Å². The van der Waals surface area contributed by atoms with Gasteiger partial charge in [-0.05, 0) is 22.3 Å². The summed E-state index contributed by atoms with van der Waals surface area (Å²) in [6, 6.07) is 30.9. The molecule has 0 aliphatic rings. The molecule has 0 aliphatic carbocycles. The fourth-order valence-electron chi connectivity index (χ4n) is 4.48. The molecule has 7 nitrogen and oxygen atoms in total. The number of ketones is 1. The maximum Gasteiger partial charge on any atom is 0.206 e. The summed E-state index contributed by atoms with van der Waals surface area (Å²) in [5.41, 5.74) is -3.65. The summed E-state index contributed by atoms with van der Waals surface area (Å²) in [6.45, 7) is -2.24. The Morgan fingerprint density at radius 2 is 1.12 bits per heavy atom. The molecular weight excluding hydrogens is 554 g/mol. The SMILES string of the molecule is Cl.[2H]C(OC[C@@H](O)[C@](O)(C([2H])c1ccccc1)[C@@](O)(C([2H])c1ccccc1)[C@@](N)(O)C(=O)C([2H])c1ccccc1)c1ccccc1. The van der Waals surface area contributed by atoms with Crippen LogP contribution < -0.4 is 5.73 Å². The number of ether oxygens (including phenoxy) is 1. The number of aliphatic hydroxyl groups is 4. The summed E-state index contributed by atoms with van der Waals surface area (Å²) in [5, 5.41) is 48.8. The second-order valence-corrected chi connectivity index (χ2v) is 9.77. The van der Waals surface area contributed by atoms with Crippen LogP contribution in [0.3, 0.4) is 0 Å². The second kappa shape index (κ2) is 14.7. The van der Waals surface area contributed by atoms with E-state index in [1.54, 1.807) is 72.8 Å². The summed E-state index contributed by atoms with van der Waals surface area (Å²) >= 11 is 0. The quantitative estimate of drug-likeness (QED) is 0.141. The van der Waals surface area contributed by atoms with Gasteiger partial charge in [-0.2, -0.15) is 0 Å². The minimum absolute atomic E-state index is 0. The number of Topliss-reactive ketones (excluding diaryl/α,β-unsaturated/α-hetero) is 1. The van der Waals surface area contributed by atoms with Gasteiger partial charge in [0.1, 0.15) is 17.3 Å². The molecule has 0 bridgehead atoms. The van der Waals surface area contributed by atoms with Gasteiger partial charge < -0.3 is 25.2 Å². The molecular formula is C34H38ClNO6. The first kappa shape index (κ1) is 27.4. The standard InChI is InChI=1S/C34H37NO6.ClH/c35-34(40,30(36)21-26-13-5-1-6-14-26)33(39,23-28-17-9-3-10-18-28)32(38,22-27-15-7-2-8-16-27)31(37)25-41-24-29-19-11-4-12-20-29;/h1-20,31,37-40H,21-25,35H2;1H/t31-,32-,33+,34+;/m1./s1/i21D,22D,23D,24D;/t21?,22?,23?,24?,31-,32-,33+,34+;. The monoisotopic (exact) mass is 595 g/mol. The lowest BCUT2D eigenvalue weighted by molar-refractivity contribution is -0.270. The summed E-state index contributed by atoms with van der Waals surface area (Å²) in [7, 11) is 0. The minimum atomic E-state index is -3.60. The molecule has 0 amide bonds. The first-order chi connectivity index (χ1) is 21.4. The third-order valence-electron chi connectivity index (χ3n) is 6.81. The zero-order valence-corrected chi connectivity index (χ0v) is 23.5. The van der Waals surface area contributed by atoms with Gasteiger partial charge in [0.25, 0.3) is 0 Å². The average Bonchev–Trinajstić information content (AvgIpc) is 3.09. The van der Waals surface area contributed by atoms with E-state index in [1.165, 1.54) is 48.5 Å². The number of carbonyl (C=O) groups is 1. The number of carbonyl (C=O) groups excluding carboxylic acids is 1. The van der Waals surface area contributed by atoms with Crippen molar-refractivity contribution in [3.05, 3.63) is 144 Å². The number of hydrogen-bond donors (Lipinski definition) is 5. The van der Waals surface area contributed by atoms with Gasteiger partial charge in [0.05, 0.1) is 14.6 Å². The lowest BCUT2D eigenvalue weighted by Crippen LogP contribution is -2.79. The van der Waals surface area contributed by atoms with Crippen molar-refractivity contribution in [3.63, 3.8) is 0 Å². The Morgan fingerprint density at radius 3 is 1.60 bits per heavy atom. The van der Waals surface area contributed by atoms with Gasteiger partial charge in [0.15, 0.2) is 5.78 Å². The number of nitrogens with two attached hydrogens (primary N) is 1. The van der Waals surface area contributed by atoms with Gasteiger partial charge in [-0.3, -0.25) is 10.5 Å². The average molecular weight is 596 g/mol.